The standard InChI is InChI=1S/C33H41N5O5S/c39-32(38-23-21-37(22-24-38)20-6-7-26-16-18-34-19-17-26)25-35-33(40)27-12-14-29(15-13-27)44(41,42)36-30-10-4-5-11-31(30)43-28-8-2-1-3-9-28/h1-5,8-15,26,34,36H,6-7,16-25H2,(H,35,40). The maximum absolute atomic E-state index is 13.1. The van der Waals surface area contributed by atoms with Crippen LogP contribution < -0.4 is 20.1 Å². The lowest BCUT2D eigenvalue weighted by Crippen LogP contribution is -2.51. The Balaban J connectivity index is 1.07. The first-order valence-corrected chi connectivity index (χ1v) is 16.8. The predicted molar refractivity (Wildman–Crippen MR) is 170 cm³/mol. The summed E-state index contributed by atoms with van der Waals surface area (Å²) in [6, 6.07) is 21.4. The molecule has 5 rings (SSSR count). The molecule has 2 heterocycles. The van der Waals surface area contributed by atoms with Crippen molar-refractivity contribution in [1.29, 1.82) is 0 Å². The van der Waals surface area contributed by atoms with Gasteiger partial charge in [0.1, 0.15) is 5.75 Å². The Labute approximate surface area is 259 Å². The Morgan fingerprint density at radius 2 is 1.55 bits per heavy atom. The number of carbonyl (C=O) groups excluding carboxylic acids is 2. The Kier molecular flexibility index (Phi) is 10.9. The minimum Gasteiger partial charge on any atom is -0.455 e. The van der Waals surface area contributed by atoms with Crippen LogP contribution in [0.25, 0.3) is 0 Å². The van der Waals surface area contributed by atoms with Gasteiger partial charge in [0.15, 0.2) is 5.75 Å². The number of piperazine rings is 1. The lowest BCUT2D eigenvalue weighted by molar-refractivity contribution is -0.131. The van der Waals surface area contributed by atoms with E-state index in [4.69, 9.17) is 4.74 Å². The molecule has 2 aliphatic heterocycles. The highest BCUT2D eigenvalue weighted by Gasteiger charge is 2.22. The molecule has 2 amide bonds. The first-order valence-electron chi connectivity index (χ1n) is 15.3. The van der Waals surface area contributed by atoms with Gasteiger partial charge in [0.25, 0.3) is 15.9 Å². The van der Waals surface area contributed by atoms with Crippen molar-refractivity contribution in [2.75, 3.05) is 57.1 Å². The zero-order valence-electron chi connectivity index (χ0n) is 24.9. The van der Waals surface area contributed by atoms with Crippen LogP contribution >= 0.6 is 0 Å². The van der Waals surface area contributed by atoms with E-state index in [1.807, 2.05) is 18.2 Å². The maximum atomic E-state index is 13.1. The second kappa shape index (κ2) is 15.2. The van der Waals surface area contributed by atoms with Crippen molar-refractivity contribution in [2.45, 2.75) is 30.6 Å². The van der Waals surface area contributed by atoms with Crippen LogP contribution in [0.2, 0.25) is 0 Å². The Bertz CT molecular complexity index is 1490. The summed E-state index contributed by atoms with van der Waals surface area (Å²) >= 11 is 0. The molecule has 2 saturated heterocycles. The summed E-state index contributed by atoms with van der Waals surface area (Å²) in [6.45, 7) is 6.23. The molecule has 0 bridgehead atoms. The van der Waals surface area contributed by atoms with E-state index >= 15 is 0 Å². The molecular formula is C33H41N5O5S. The van der Waals surface area contributed by atoms with E-state index < -0.39 is 15.9 Å². The third kappa shape index (κ3) is 8.81. The molecule has 234 valence electrons. The first kappa shape index (κ1) is 31.5. The molecule has 2 aliphatic rings. The minimum atomic E-state index is -3.96. The van der Waals surface area contributed by atoms with Crippen molar-refractivity contribution >= 4 is 27.5 Å². The fourth-order valence-electron chi connectivity index (χ4n) is 5.61. The molecular weight excluding hydrogens is 578 g/mol. The summed E-state index contributed by atoms with van der Waals surface area (Å²) in [4.78, 5) is 29.7. The number of piperidine rings is 1. The second-order valence-electron chi connectivity index (χ2n) is 11.3. The third-order valence-corrected chi connectivity index (χ3v) is 9.58. The number of amides is 2. The summed E-state index contributed by atoms with van der Waals surface area (Å²) in [5.74, 6) is 1.22. The van der Waals surface area contributed by atoms with Crippen LogP contribution in [0.3, 0.4) is 0 Å². The van der Waals surface area contributed by atoms with E-state index in [1.165, 1.54) is 49.9 Å². The topological polar surface area (TPSA) is 120 Å². The number of nitrogens with zero attached hydrogens (tertiary/aromatic N) is 2. The Morgan fingerprint density at radius 3 is 2.27 bits per heavy atom. The summed E-state index contributed by atoms with van der Waals surface area (Å²) in [7, 11) is -3.96. The van der Waals surface area contributed by atoms with Gasteiger partial charge in [-0.2, -0.15) is 0 Å². The van der Waals surface area contributed by atoms with Gasteiger partial charge < -0.3 is 20.3 Å². The lowest BCUT2D eigenvalue weighted by Gasteiger charge is -2.35. The van der Waals surface area contributed by atoms with Crippen molar-refractivity contribution in [2.24, 2.45) is 5.92 Å². The summed E-state index contributed by atoms with van der Waals surface area (Å²) in [5.41, 5.74) is 0.554. The van der Waals surface area contributed by atoms with Crippen molar-refractivity contribution in [3.63, 3.8) is 0 Å². The molecule has 10 nitrogen and oxygen atoms in total. The van der Waals surface area contributed by atoms with Crippen LogP contribution in [-0.2, 0) is 14.8 Å². The predicted octanol–water partition coefficient (Wildman–Crippen LogP) is 3.93. The zero-order chi connectivity index (χ0) is 30.8. The molecule has 0 spiro atoms. The number of anilines is 1. The summed E-state index contributed by atoms with van der Waals surface area (Å²) in [6.07, 6.45) is 5.01. The number of ether oxygens (including phenoxy) is 1. The van der Waals surface area contributed by atoms with Gasteiger partial charge in [0.2, 0.25) is 5.91 Å². The van der Waals surface area contributed by atoms with E-state index in [-0.39, 0.29) is 28.6 Å². The molecule has 3 aromatic rings. The van der Waals surface area contributed by atoms with E-state index in [0.717, 1.165) is 38.6 Å². The molecule has 0 aliphatic carbocycles. The van der Waals surface area contributed by atoms with Crippen LogP contribution in [0, 0.1) is 5.92 Å². The van der Waals surface area contributed by atoms with Crippen molar-refractivity contribution < 1.29 is 22.7 Å². The van der Waals surface area contributed by atoms with Gasteiger partial charge in [-0.05, 0) is 99.8 Å². The number of sulfonamides is 1. The van der Waals surface area contributed by atoms with Gasteiger partial charge in [-0.1, -0.05) is 30.3 Å². The van der Waals surface area contributed by atoms with Crippen LogP contribution in [0.5, 0.6) is 11.5 Å². The Morgan fingerprint density at radius 1 is 0.864 bits per heavy atom. The van der Waals surface area contributed by atoms with Gasteiger partial charge >= 0.3 is 0 Å². The van der Waals surface area contributed by atoms with Crippen molar-refractivity contribution in [1.82, 2.24) is 20.4 Å². The highest BCUT2D eigenvalue weighted by molar-refractivity contribution is 7.92. The number of benzene rings is 3. The first-order chi connectivity index (χ1) is 21.4. The molecule has 11 heteroatoms. The van der Waals surface area contributed by atoms with Crippen molar-refractivity contribution in [3.8, 4) is 11.5 Å². The van der Waals surface area contributed by atoms with Crippen LogP contribution in [0.15, 0.2) is 83.8 Å². The molecule has 0 saturated carbocycles. The minimum absolute atomic E-state index is 0.00624. The fraction of sp³-hybridized carbons (Fsp3) is 0.394. The molecule has 3 N–H and O–H groups in total. The fourth-order valence-corrected chi connectivity index (χ4v) is 6.68. The highest BCUT2D eigenvalue weighted by atomic mass is 32.2. The zero-order valence-corrected chi connectivity index (χ0v) is 25.7. The van der Waals surface area contributed by atoms with E-state index in [1.54, 1.807) is 41.3 Å². The number of para-hydroxylation sites is 3. The van der Waals surface area contributed by atoms with Gasteiger partial charge in [-0.25, -0.2) is 8.42 Å². The second-order valence-corrected chi connectivity index (χ2v) is 13.0. The average Bonchev–Trinajstić information content (AvgIpc) is 3.05. The third-order valence-electron chi connectivity index (χ3n) is 8.20. The largest absolute Gasteiger partial charge is 0.455 e. The van der Waals surface area contributed by atoms with Crippen molar-refractivity contribution in [3.05, 3.63) is 84.4 Å². The molecule has 0 aromatic heterocycles. The normalized spacial score (nSPS) is 16.3. The number of hydrogen-bond donors (Lipinski definition) is 3. The van der Waals surface area contributed by atoms with E-state index in [9.17, 15) is 18.0 Å². The molecule has 3 aromatic carbocycles. The number of rotatable bonds is 12. The molecule has 44 heavy (non-hydrogen) atoms. The maximum Gasteiger partial charge on any atom is 0.262 e. The molecule has 0 radical (unpaired) electrons. The van der Waals surface area contributed by atoms with Gasteiger partial charge in [0, 0.05) is 31.7 Å². The summed E-state index contributed by atoms with van der Waals surface area (Å²) < 4.78 is 34.6. The van der Waals surface area contributed by atoms with Gasteiger partial charge in [0.05, 0.1) is 17.1 Å². The quantitative estimate of drug-likeness (QED) is 0.281. The summed E-state index contributed by atoms with van der Waals surface area (Å²) in [5, 5.41) is 6.09. The van der Waals surface area contributed by atoms with Crippen LogP contribution in [0.1, 0.15) is 36.0 Å². The highest BCUT2D eigenvalue weighted by Crippen LogP contribution is 2.31. The number of hydrogen-bond acceptors (Lipinski definition) is 7. The number of nitrogens with one attached hydrogen (secondary N) is 3. The lowest BCUT2D eigenvalue weighted by atomic mass is 9.93. The molecule has 2 fully saturated rings. The van der Waals surface area contributed by atoms with E-state index in [0.29, 0.717) is 24.6 Å². The van der Waals surface area contributed by atoms with Gasteiger partial charge in [-0.15, -0.1) is 0 Å². The van der Waals surface area contributed by atoms with E-state index in [2.05, 4.69) is 20.3 Å². The monoisotopic (exact) mass is 619 g/mol. The van der Waals surface area contributed by atoms with Gasteiger partial charge in [-0.3, -0.25) is 19.2 Å². The SMILES string of the molecule is O=C(NCC(=O)N1CCN(CCCC2CCNCC2)CC1)c1ccc(S(=O)(=O)Nc2ccccc2Oc2ccccc2)cc1. The molecule has 0 unspecified atom stereocenters. The Hall–Kier alpha value is -3.93. The van der Waals surface area contributed by atoms with Crippen LogP contribution in [-0.4, -0.2) is 82.4 Å². The molecule has 0 atom stereocenters. The smallest absolute Gasteiger partial charge is 0.262 e. The number of carbonyl (C=O) groups is 2. The van der Waals surface area contributed by atoms with Crippen LogP contribution in [0.4, 0.5) is 5.69 Å². The average molecular weight is 620 g/mol.